The number of alkyl halides is 3. The number of likely N-dealkylation sites (N-methyl/N-ethyl adjacent to an activating group) is 1. The van der Waals surface area contributed by atoms with Crippen LogP contribution in [-0.4, -0.2) is 65.5 Å². The lowest BCUT2D eigenvalue weighted by molar-refractivity contribution is -0.185. The van der Waals surface area contributed by atoms with Gasteiger partial charge in [-0.1, -0.05) is 23.7 Å². The minimum atomic E-state index is -4.19. The molecule has 222 valence electrons. The van der Waals surface area contributed by atoms with E-state index in [0.29, 0.717) is 49.9 Å². The summed E-state index contributed by atoms with van der Waals surface area (Å²) >= 11 is 6.99. The summed E-state index contributed by atoms with van der Waals surface area (Å²) in [7, 11) is 4.82. The van der Waals surface area contributed by atoms with E-state index in [2.05, 4.69) is 15.3 Å². The Labute approximate surface area is 242 Å². The highest BCUT2D eigenvalue weighted by atomic mass is 35.5. The Hall–Kier alpha value is -3.12. The molecule has 1 aliphatic heterocycles. The van der Waals surface area contributed by atoms with E-state index in [4.69, 9.17) is 22.2 Å². The van der Waals surface area contributed by atoms with Crippen molar-refractivity contribution in [2.45, 2.75) is 45.0 Å². The summed E-state index contributed by atoms with van der Waals surface area (Å²) in [6.07, 6.45) is -2.52. The van der Waals surface area contributed by atoms with E-state index in [1.165, 1.54) is 12.1 Å². The molecule has 12 heteroatoms. The highest BCUT2D eigenvalue weighted by Gasteiger charge is 2.42. The van der Waals surface area contributed by atoms with Crippen LogP contribution in [-0.2, 0) is 12.1 Å². The number of hydrogen-bond acceptors (Lipinski definition) is 8. The Morgan fingerprint density at radius 1 is 1.22 bits per heavy atom. The zero-order chi connectivity index (χ0) is 30.1. The maximum Gasteiger partial charge on any atom is 0.391 e. The number of nitrogens with two attached hydrogens (primary N) is 1. The molecule has 2 aromatic heterocycles. The molecule has 1 fully saturated rings. The quantitative estimate of drug-likeness (QED) is 0.254. The predicted octanol–water partition coefficient (Wildman–Crippen LogP) is 4.79. The molecule has 0 saturated carbocycles. The van der Waals surface area contributed by atoms with Crippen LogP contribution in [0.2, 0.25) is 5.02 Å². The van der Waals surface area contributed by atoms with Crippen molar-refractivity contribution in [2.24, 2.45) is 11.8 Å². The molecule has 0 amide bonds. The number of likely N-dealkylation sites (tertiary alicyclic amines) is 1. The second-order valence-electron chi connectivity index (χ2n) is 10.5. The molecule has 1 saturated heterocycles. The van der Waals surface area contributed by atoms with Crippen LogP contribution in [0, 0.1) is 19.8 Å². The van der Waals surface area contributed by atoms with Crippen molar-refractivity contribution >= 4 is 22.5 Å². The largest absolute Gasteiger partial charge is 0.481 e. The van der Waals surface area contributed by atoms with Crippen LogP contribution in [0.15, 0.2) is 42.2 Å². The molecule has 8 nitrogen and oxygen atoms in total. The number of rotatable bonds is 8. The standard InChI is InChI=1S/C29H36ClF3N6O2/c1-17-6-8-23(18(2)36-17)28(40,25(15-35-3)38(4)34)20-7-9-24-21(14-20)26(30)22(27(37-24)41-5)16-39-12-10-19(11-13-39)29(31,32)33/h6-9,14-15,19,35,40H,10-13,16,34H2,1-5H3/b25-15-. The van der Waals surface area contributed by atoms with Gasteiger partial charge in [0.25, 0.3) is 0 Å². The number of aliphatic hydroxyl groups is 1. The normalized spacial score (nSPS) is 17.0. The number of piperidine rings is 1. The van der Waals surface area contributed by atoms with Gasteiger partial charge in [-0.25, -0.2) is 10.8 Å². The molecule has 4 N–H and O–H groups in total. The Morgan fingerprint density at radius 3 is 2.46 bits per heavy atom. The van der Waals surface area contributed by atoms with Gasteiger partial charge in [-0.15, -0.1) is 0 Å². The van der Waals surface area contributed by atoms with Gasteiger partial charge in [-0.2, -0.15) is 13.2 Å². The van der Waals surface area contributed by atoms with Crippen molar-refractivity contribution in [1.29, 1.82) is 0 Å². The van der Waals surface area contributed by atoms with Crippen LogP contribution in [0.25, 0.3) is 10.9 Å². The minimum Gasteiger partial charge on any atom is -0.481 e. The van der Waals surface area contributed by atoms with Gasteiger partial charge >= 0.3 is 6.18 Å². The molecule has 1 unspecified atom stereocenters. The Morgan fingerprint density at radius 2 is 1.90 bits per heavy atom. The number of pyridine rings is 2. The molecule has 41 heavy (non-hydrogen) atoms. The number of nitrogens with zero attached hydrogens (tertiary/aromatic N) is 4. The summed E-state index contributed by atoms with van der Waals surface area (Å²) in [4.78, 5) is 11.1. The Balaban J connectivity index is 1.83. The number of hydrazine groups is 1. The summed E-state index contributed by atoms with van der Waals surface area (Å²) in [5.74, 6) is 5.23. The van der Waals surface area contributed by atoms with Crippen molar-refractivity contribution in [3.8, 4) is 5.88 Å². The van der Waals surface area contributed by atoms with E-state index in [-0.39, 0.29) is 32.5 Å². The molecular formula is C29H36ClF3N6O2. The molecule has 3 heterocycles. The molecule has 1 aliphatic rings. The van der Waals surface area contributed by atoms with Gasteiger partial charge in [0.05, 0.1) is 29.3 Å². The fourth-order valence-electron chi connectivity index (χ4n) is 5.52. The molecule has 3 aromatic rings. The lowest BCUT2D eigenvalue weighted by Gasteiger charge is -2.36. The van der Waals surface area contributed by atoms with Gasteiger partial charge in [0.1, 0.15) is 0 Å². The maximum atomic E-state index is 13.2. The van der Waals surface area contributed by atoms with Gasteiger partial charge in [-0.3, -0.25) is 9.88 Å². The zero-order valence-corrected chi connectivity index (χ0v) is 24.6. The predicted molar refractivity (Wildman–Crippen MR) is 153 cm³/mol. The lowest BCUT2D eigenvalue weighted by Crippen LogP contribution is -2.42. The molecule has 0 aliphatic carbocycles. The van der Waals surface area contributed by atoms with E-state index >= 15 is 0 Å². The Bertz CT molecular complexity index is 1440. The average Bonchev–Trinajstić information content (AvgIpc) is 2.92. The SMILES string of the molecule is CN/C=C(\N(C)N)C(O)(c1ccc2nc(OC)c(CN3CCC(C(F)(F)F)CC3)c(Cl)c2c1)c1ccc(C)nc1C. The monoisotopic (exact) mass is 592 g/mol. The van der Waals surface area contributed by atoms with Gasteiger partial charge in [0, 0.05) is 54.7 Å². The van der Waals surface area contributed by atoms with Crippen LogP contribution >= 0.6 is 11.6 Å². The summed E-state index contributed by atoms with van der Waals surface area (Å²) in [6, 6.07) is 8.89. The van der Waals surface area contributed by atoms with Crippen molar-refractivity contribution in [3.05, 3.63) is 75.3 Å². The smallest absolute Gasteiger partial charge is 0.391 e. The van der Waals surface area contributed by atoms with E-state index in [0.717, 1.165) is 5.69 Å². The van der Waals surface area contributed by atoms with Crippen molar-refractivity contribution < 1.29 is 23.0 Å². The first-order valence-corrected chi connectivity index (χ1v) is 13.7. The van der Waals surface area contributed by atoms with E-state index < -0.39 is 17.7 Å². The number of nitrogens with one attached hydrogen (secondary N) is 1. The third kappa shape index (κ3) is 6.08. The second kappa shape index (κ2) is 12.0. The fraction of sp³-hybridized carbons (Fsp3) is 0.448. The second-order valence-corrected chi connectivity index (χ2v) is 10.8. The number of halogens is 4. The van der Waals surface area contributed by atoms with Crippen LogP contribution in [0.1, 0.15) is 40.9 Å². The number of aromatic nitrogens is 2. The van der Waals surface area contributed by atoms with Gasteiger partial charge in [0.2, 0.25) is 5.88 Å². The third-order valence-electron chi connectivity index (χ3n) is 7.67. The lowest BCUT2D eigenvalue weighted by atomic mass is 9.81. The van der Waals surface area contributed by atoms with Crippen molar-refractivity contribution in [2.75, 3.05) is 34.3 Å². The molecule has 0 bridgehead atoms. The molecule has 1 atom stereocenters. The first kappa shape index (κ1) is 30.8. The molecular weight excluding hydrogens is 557 g/mol. The third-order valence-corrected chi connectivity index (χ3v) is 8.10. The van der Waals surface area contributed by atoms with Gasteiger partial charge in [-0.05, 0) is 63.5 Å². The molecule has 0 spiro atoms. The van der Waals surface area contributed by atoms with Crippen LogP contribution in [0.4, 0.5) is 13.2 Å². The minimum absolute atomic E-state index is 0.0265. The van der Waals surface area contributed by atoms with Crippen LogP contribution in [0.3, 0.4) is 0 Å². The number of hydrogen-bond donors (Lipinski definition) is 3. The summed E-state index contributed by atoms with van der Waals surface area (Å²) < 4.78 is 45.1. The molecule has 4 rings (SSSR count). The first-order valence-electron chi connectivity index (χ1n) is 13.3. The van der Waals surface area contributed by atoms with Crippen LogP contribution < -0.4 is 15.9 Å². The fourth-order valence-corrected chi connectivity index (χ4v) is 5.82. The number of fused-ring (bicyclic) bond motifs is 1. The molecule has 1 aromatic carbocycles. The topological polar surface area (TPSA) is 99.8 Å². The number of ether oxygens (including phenoxy) is 1. The highest BCUT2D eigenvalue weighted by molar-refractivity contribution is 6.36. The maximum absolute atomic E-state index is 13.2. The zero-order valence-electron chi connectivity index (χ0n) is 23.8. The van der Waals surface area contributed by atoms with E-state index in [1.807, 2.05) is 30.9 Å². The highest BCUT2D eigenvalue weighted by Crippen LogP contribution is 2.42. The first-order chi connectivity index (χ1) is 19.3. The van der Waals surface area contributed by atoms with E-state index in [9.17, 15) is 18.3 Å². The van der Waals surface area contributed by atoms with Gasteiger partial charge in [0.15, 0.2) is 5.60 Å². The summed E-state index contributed by atoms with van der Waals surface area (Å²) in [5.41, 5.74) is 2.18. The number of aryl methyl sites for hydroxylation is 2. The van der Waals surface area contributed by atoms with Crippen LogP contribution in [0.5, 0.6) is 5.88 Å². The summed E-state index contributed by atoms with van der Waals surface area (Å²) in [6.45, 7) is 4.53. The number of benzene rings is 1. The van der Waals surface area contributed by atoms with Crippen molar-refractivity contribution in [3.63, 3.8) is 0 Å². The van der Waals surface area contributed by atoms with Crippen molar-refractivity contribution in [1.82, 2.24) is 25.2 Å². The average molecular weight is 593 g/mol. The Kier molecular flexibility index (Phi) is 9.03. The van der Waals surface area contributed by atoms with E-state index in [1.54, 1.807) is 38.5 Å². The number of methoxy groups -OCH3 is 1. The molecule has 0 radical (unpaired) electrons. The van der Waals surface area contributed by atoms with Gasteiger partial charge < -0.3 is 20.2 Å². The summed E-state index contributed by atoms with van der Waals surface area (Å²) in [5, 5.41) is 17.7.